The molecule has 2 unspecified atom stereocenters. The van der Waals surface area contributed by atoms with Gasteiger partial charge in [0.05, 0.1) is 18.2 Å². The number of carbonyl (C=O) groups excluding carboxylic acids is 1. The number of amides is 1. The predicted molar refractivity (Wildman–Crippen MR) is 80.7 cm³/mol. The second kappa shape index (κ2) is 5.93. The molecule has 22 heavy (non-hydrogen) atoms. The molecule has 1 amide bonds. The third kappa shape index (κ3) is 2.64. The van der Waals surface area contributed by atoms with Gasteiger partial charge in [-0.15, -0.1) is 0 Å². The number of furan rings is 1. The molecule has 3 N–H and O–H groups in total. The van der Waals surface area contributed by atoms with Gasteiger partial charge in [-0.25, -0.2) is 4.39 Å². The molecule has 1 aliphatic rings. The highest BCUT2D eigenvalue weighted by molar-refractivity contribution is 5.94. The summed E-state index contributed by atoms with van der Waals surface area (Å²) in [6, 6.07) is 6.49. The molecule has 116 valence electrons. The van der Waals surface area contributed by atoms with Crippen LogP contribution in [0.3, 0.4) is 0 Å². The zero-order valence-corrected chi connectivity index (χ0v) is 12.4. The Balaban J connectivity index is 1.85. The molecule has 0 aliphatic heterocycles. The van der Waals surface area contributed by atoms with Gasteiger partial charge in [-0.05, 0) is 42.0 Å². The van der Waals surface area contributed by atoms with Gasteiger partial charge in [0, 0.05) is 0 Å². The molecule has 1 aromatic heterocycles. The molecule has 2 aromatic rings. The van der Waals surface area contributed by atoms with Gasteiger partial charge in [-0.3, -0.25) is 4.79 Å². The lowest BCUT2D eigenvalue weighted by atomic mass is 9.80. The number of carbonyl (C=O) groups is 1. The zero-order valence-electron chi connectivity index (χ0n) is 12.4. The molecule has 1 aliphatic carbocycles. The van der Waals surface area contributed by atoms with Crippen LogP contribution in [0.5, 0.6) is 0 Å². The van der Waals surface area contributed by atoms with E-state index < -0.39 is 0 Å². The summed E-state index contributed by atoms with van der Waals surface area (Å²) in [5.41, 5.74) is 7.50. The van der Waals surface area contributed by atoms with Crippen molar-refractivity contribution in [1.82, 2.24) is 5.32 Å². The Hall–Kier alpha value is -2.14. The summed E-state index contributed by atoms with van der Waals surface area (Å²) in [7, 11) is 0. The van der Waals surface area contributed by atoms with Crippen molar-refractivity contribution in [3.63, 3.8) is 0 Å². The normalized spacial score (nSPS) is 20.5. The number of hydrogen-bond acceptors (Lipinski definition) is 3. The molecular formula is C17H19FN2O2. The minimum absolute atomic E-state index is 0.192. The van der Waals surface area contributed by atoms with Crippen LogP contribution in [-0.4, -0.2) is 5.91 Å². The van der Waals surface area contributed by atoms with Crippen LogP contribution in [0.2, 0.25) is 0 Å². The Morgan fingerprint density at radius 2 is 2.32 bits per heavy atom. The molecular weight excluding hydrogens is 283 g/mol. The number of fused-ring (bicyclic) bond motifs is 1. The van der Waals surface area contributed by atoms with Gasteiger partial charge in [-0.1, -0.05) is 19.1 Å². The smallest absolute Gasteiger partial charge is 0.255 e. The largest absolute Gasteiger partial charge is 0.467 e. The van der Waals surface area contributed by atoms with Crippen molar-refractivity contribution in [2.45, 2.75) is 32.4 Å². The summed E-state index contributed by atoms with van der Waals surface area (Å²) in [6.07, 6.45) is 2.95. The predicted octanol–water partition coefficient (Wildman–Crippen LogP) is 2.93. The lowest BCUT2D eigenvalue weighted by molar-refractivity contribution is 0.0918. The lowest BCUT2D eigenvalue weighted by Crippen LogP contribution is -2.35. The molecule has 0 saturated heterocycles. The monoisotopic (exact) mass is 302 g/mol. The summed E-state index contributed by atoms with van der Waals surface area (Å²) < 4.78 is 19.1. The van der Waals surface area contributed by atoms with Crippen molar-refractivity contribution in [3.8, 4) is 0 Å². The van der Waals surface area contributed by atoms with E-state index in [4.69, 9.17) is 10.2 Å². The zero-order chi connectivity index (χ0) is 15.7. The van der Waals surface area contributed by atoms with Crippen LogP contribution in [0, 0.1) is 11.7 Å². The van der Waals surface area contributed by atoms with Crippen molar-refractivity contribution in [1.29, 1.82) is 0 Å². The maximum atomic E-state index is 13.9. The van der Waals surface area contributed by atoms with Crippen molar-refractivity contribution in [2.75, 3.05) is 0 Å². The van der Waals surface area contributed by atoms with E-state index in [1.54, 1.807) is 12.1 Å². The first-order chi connectivity index (χ1) is 10.6. The second-order valence-corrected chi connectivity index (χ2v) is 5.78. The van der Waals surface area contributed by atoms with Crippen LogP contribution in [0.4, 0.5) is 4.39 Å². The number of nitrogens with one attached hydrogen (secondary N) is 1. The SMILES string of the molecule is CC1CCc2c(F)cccc2C1NC(=O)c1coc(CN)c1. The molecule has 0 fully saturated rings. The summed E-state index contributed by atoms with van der Waals surface area (Å²) in [5, 5.41) is 3.00. The van der Waals surface area contributed by atoms with Gasteiger partial charge >= 0.3 is 0 Å². The van der Waals surface area contributed by atoms with Gasteiger partial charge < -0.3 is 15.5 Å². The van der Waals surface area contributed by atoms with Crippen LogP contribution in [0.1, 0.15) is 46.6 Å². The lowest BCUT2D eigenvalue weighted by Gasteiger charge is -2.32. The van der Waals surface area contributed by atoms with Crippen molar-refractivity contribution >= 4 is 5.91 Å². The quantitative estimate of drug-likeness (QED) is 0.916. The van der Waals surface area contributed by atoms with E-state index in [0.717, 1.165) is 12.0 Å². The van der Waals surface area contributed by atoms with Gasteiger partial charge in [0.15, 0.2) is 0 Å². The fraction of sp³-hybridized carbons (Fsp3) is 0.353. The minimum Gasteiger partial charge on any atom is -0.467 e. The van der Waals surface area contributed by atoms with Crippen LogP contribution < -0.4 is 11.1 Å². The van der Waals surface area contributed by atoms with E-state index in [2.05, 4.69) is 12.2 Å². The number of halogens is 1. The molecule has 0 saturated carbocycles. The Morgan fingerprint density at radius 3 is 3.05 bits per heavy atom. The minimum atomic E-state index is -0.225. The fourth-order valence-electron chi connectivity index (χ4n) is 3.03. The maximum absolute atomic E-state index is 13.9. The van der Waals surface area contributed by atoms with E-state index in [9.17, 15) is 9.18 Å². The van der Waals surface area contributed by atoms with Crippen LogP contribution in [-0.2, 0) is 13.0 Å². The van der Waals surface area contributed by atoms with Crippen LogP contribution in [0.25, 0.3) is 0 Å². The summed E-state index contributed by atoms with van der Waals surface area (Å²) in [4.78, 5) is 12.4. The number of benzene rings is 1. The summed E-state index contributed by atoms with van der Waals surface area (Å²) in [5.74, 6) is 0.391. The highest BCUT2D eigenvalue weighted by Crippen LogP contribution is 2.35. The molecule has 0 spiro atoms. The van der Waals surface area contributed by atoms with E-state index in [1.807, 2.05) is 6.07 Å². The van der Waals surface area contributed by atoms with Crippen LogP contribution >= 0.6 is 0 Å². The average Bonchev–Trinajstić information content (AvgIpc) is 2.99. The molecule has 3 rings (SSSR count). The highest BCUT2D eigenvalue weighted by atomic mass is 19.1. The molecule has 4 nitrogen and oxygen atoms in total. The first-order valence-electron chi connectivity index (χ1n) is 7.45. The Labute approximate surface area is 128 Å². The Morgan fingerprint density at radius 1 is 1.50 bits per heavy atom. The molecule has 1 aromatic carbocycles. The maximum Gasteiger partial charge on any atom is 0.255 e. The second-order valence-electron chi connectivity index (χ2n) is 5.78. The third-order valence-corrected chi connectivity index (χ3v) is 4.31. The van der Waals surface area contributed by atoms with Crippen LogP contribution in [0.15, 0.2) is 34.9 Å². The molecule has 2 atom stereocenters. The molecule has 0 bridgehead atoms. The number of hydrogen-bond donors (Lipinski definition) is 2. The first-order valence-corrected chi connectivity index (χ1v) is 7.45. The van der Waals surface area contributed by atoms with Crippen molar-refractivity contribution in [3.05, 3.63) is 58.8 Å². The highest BCUT2D eigenvalue weighted by Gasteiger charge is 2.29. The number of rotatable bonds is 3. The van der Waals surface area contributed by atoms with Gasteiger partial charge in [0.2, 0.25) is 0 Å². The molecule has 5 heteroatoms. The van der Waals surface area contributed by atoms with Gasteiger partial charge in [0.1, 0.15) is 17.8 Å². The van der Waals surface area contributed by atoms with Gasteiger partial charge in [0.25, 0.3) is 5.91 Å². The first kappa shape index (κ1) is 14.8. The summed E-state index contributed by atoms with van der Waals surface area (Å²) in [6.45, 7) is 2.32. The van der Waals surface area contributed by atoms with E-state index in [1.165, 1.54) is 12.3 Å². The Kier molecular flexibility index (Phi) is 3.98. The summed E-state index contributed by atoms with van der Waals surface area (Å²) >= 11 is 0. The van der Waals surface area contributed by atoms with E-state index >= 15 is 0 Å². The molecule has 0 radical (unpaired) electrons. The Bertz CT molecular complexity index is 696. The third-order valence-electron chi connectivity index (χ3n) is 4.31. The molecule has 1 heterocycles. The van der Waals surface area contributed by atoms with Crippen molar-refractivity contribution in [2.24, 2.45) is 11.7 Å². The average molecular weight is 302 g/mol. The number of nitrogens with two attached hydrogens (primary N) is 1. The topological polar surface area (TPSA) is 68.3 Å². The van der Waals surface area contributed by atoms with Gasteiger partial charge in [-0.2, -0.15) is 0 Å². The van der Waals surface area contributed by atoms with E-state index in [0.29, 0.717) is 23.3 Å². The van der Waals surface area contributed by atoms with E-state index in [-0.39, 0.29) is 30.2 Å². The fourth-order valence-corrected chi connectivity index (χ4v) is 3.03. The standard InChI is InChI=1S/C17H19FN2O2/c1-10-5-6-13-14(3-2-4-15(13)18)16(10)20-17(21)11-7-12(8-19)22-9-11/h2-4,7,9-10,16H,5-6,8,19H2,1H3,(H,20,21). The van der Waals surface area contributed by atoms with Crippen molar-refractivity contribution < 1.29 is 13.6 Å².